The Morgan fingerprint density at radius 2 is 1.94 bits per heavy atom. The van der Waals surface area contributed by atoms with Gasteiger partial charge in [0, 0.05) is 25.6 Å². The molecule has 0 unspecified atom stereocenters. The molecule has 1 amide bonds. The maximum Gasteiger partial charge on any atom is 0.222 e. The number of piperidine rings is 1. The minimum atomic E-state index is -0.246. The Labute approximate surface area is 111 Å². The maximum absolute atomic E-state index is 12.0. The second-order valence-electron chi connectivity index (χ2n) is 6.51. The van der Waals surface area contributed by atoms with Crippen LogP contribution in [0.1, 0.15) is 39.5 Å². The van der Waals surface area contributed by atoms with Crippen LogP contribution in [0, 0.1) is 5.92 Å². The number of likely N-dealkylation sites (tertiary alicyclic amines) is 1. The Morgan fingerprint density at radius 3 is 2.44 bits per heavy atom. The van der Waals surface area contributed by atoms with Gasteiger partial charge in [0.2, 0.25) is 5.91 Å². The van der Waals surface area contributed by atoms with E-state index in [1.54, 1.807) is 0 Å². The molecular weight excluding hydrogens is 226 g/mol. The molecule has 1 aliphatic rings. The number of hydrogen-bond donors (Lipinski definition) is 1. The van der Waals surface area contributed by atoms with Crippen LogP contribution in [0.25, 0.3) is 0 Å². The van der Waals surface area contributed by atoms with Crippen LogP contribution in [0.5, 0.6) is 0 Å². The highest BCUT2D eigenvalue weighted by Gasteiger charge is 2.21. The monoisotopic (exact) mass is 255 g/mol. The zero-order valence-corrected chi connectivity index (χ0v) is 12.4. The average molecular weight is 255 g/mol. The molecule has 1 rings (SSSR count). The van der Waals surface area contributed by atoms with Crippen molar-refractivity contribution in [2.24, 2.45) is 11.7 Å². The molecule has 4 nitrogen and oxygen atoms in total. The molecule has 1 saturated heterocycles. The van der Waals surface area contributed by atoms with Crippen LogP contribution in [0.3, 0.4) is 0 Å². The summed E-state index contributed by atoms with van der Waals surface area (Å²) in [7, 11) is 4.08. The fraction of sp³-hybridized carbons (Fsp3) is 0.929. The normalized spacial score (nSPS) is 18.9. The van der Waals surface area contributed by atoms with Gasteiger partial charge < -0.3 is 15.5 Å². The van der Waals surface area contributed by atoms with E-state index in [1.807, 2.05) is 25.8 Å². The fourth-order valence-corrected chi connectivity index (χ4v) is 2.35. The summed E-state index contributed by atoms with van der Waals surface area (Å²) in [6.45, 7) is 7.15. The van der Waals surface area contributed by atoms with Crippen LogP contribution < -0.4 is 5.73 Å². The summed E-state index contributed by atoms with van der Waals surface area (Å²) >= 11 is 0. The van der Waals surface area contributed by atoms with Crippen molar-refractivity contribution in [3.8, 4) is 0 Å². The standard InChI is InChI=1S/C14H29N3O/c1-14(2,15)8-5-13(18)17(4)11-12-6-9-16(3)10-7-12/h12H,5-11,15H2,1-4H3. The van der Waals surface area contributed by atoms with E-state index in [-0.39, 0.29) is 11.4 Å². The van der Waals surface area contributed by atoms with Gasteiger partial charge in [-0.1, -0.05) is 0 Å². The quantitative estimate of drug-likeness (QED) is 0.805. The molecule has 0 spiro atoms. The molecule has 4 heteroatoms. The number of rotatable bonds is 5. The van der Waals surface area contributed by atoms with Gasteiger partial charge >= 0.3 is 0 Å². The van der Waals surface area contributed by atoms with Crippen LogP contribution in [-0.2, 0) is 4.79 Å². The van der Waals surface area contributed by atoms with Crippen LogP contribution in [0.15, 0.2) is 0 Å². The number of carbonyl (C=O) groups excluding carboxylic acids is 1. The van der Waals surface area contributed by atoms with Crippen molar-refractivity contribution in [2.75, 3.05) is 33.7 Å². The van der Waals surface area contributed by atoms with Gasteiger partial charge in [0.1, 0.15) is 0 Å². The van der Waals surface area contributed by atoms with Crippen LogP contribution in [0.2, 0.25) is 0 Å². The molecule has 0 atom stereocenters. The fourth-order valence-electron chi connectivity index (χ4n) is 2.35. The van der Waals surface area contributed by atoms with E-state index < -0.39 is 0 Å². The summed E-state index contributed by atoms with van der Waals surface area (Å²) in [6, 6.07) is 0. The summed E-state index contributed by atoms with van der Waals surface area (Å²) in [5.74, 6) is 0.897. The van der Waals surface area contributed by atoms with Crippen molar-refractivity contribution >= 4 is 5.91 Å². The van der Waals surface area contributed by atoms with Crippen LogP contribution in [-0.4, -0.2) is 55.0 Å². The number of nitrogens with zero attached hydrogens (tertiary/aromatic N) is 2. The number of nitrogens with two attached hydrogens (primary N) is 1. The predicted molar refractivity (Wildman–Crippen MR) is 75.4 cm³/mol. The first-order valence-corrected chi connectivity index (χ1v) is 6.99. The zero-order valence-electron chi connectivity index (χ0n) is 12.4. The number of carbonyl (C=O) groups is 1. The van der Waals surface area contributed by atoms with Gasteiger partial charge in [-0.2, -0.15) is 0 Å². The predicted octanol–water partition coefficient (Wildman–Crippen LogP) is 1.30. The molecule has 18 heavy (non-hydrogen) atoms. The van der Waals surface area contributed by atoms with E-state index in [0.29, 0.717) is 12.3 Å². The van der Waals surface area contributed by atoms with Crippen molar-refractivity contribution in [1.82, 2.24) is 9.80 Å². The lowest BCUT2D eigenvalue weighted by Crippen LogP contribution is -2.39. The first kappa shape index (κ1) is 15.4. The Balaban J connectivity index is 2.27. The molecule has 1 fully saturated rings. The molecule has 0 radical (unpaired) electrons. The summed E-state index contributed by atoms with van der Waals surface area (Å²) in [6.07, 6.45) is 3.73. The van der Waals surface area contributed by atoms with Gasteiger partial charge in [0.25, 0.3) is 0 Å². The van der Waals surface area contributed by atoms with Crippen LogP contribution in [0.4, 0.5) is 0 Å². The molecule has 0 aromatic carbocycles. The SMILES string of the molecule is CN1CCC(CN(C)C(=O)CCC(C)(C)N)CC1. The summed E-state index contributed by atoms with van der Waals surface area (Å²) < 4.78 is 0. The third kappa shape index (κ3) is 5.83. The number of hydrogen-bond acceptors (Lipinski definition) is 3. The van der Waals surface area contributed by atoms with E-state index >= 15 is 0 Å². The molecule has 0 aromatic rings. The van der Waals surface area contributed by atoms with Gasteiger partial charge in [0.15, 0.2) is 0 Å². The van der Waals surface area contributed by atoms with Crippen molar-refractivity contribution in [1.29, 1.82) is 0 Å². The largest absolute Gasteiger partial charge is 0.345 e. The second kappa shape index (κ2) is 6.53. The third-order valence-electron chi connectivity index (χ3n) is 3.78. The van der Waals surface area contributed by atoms with Crippen molar-refractivity contribution in [3.05, 3.63) is 0 Å². The molecule has 0 saturated carbocycles. The minimum Gasteiger partial charge on any atom is -0.345 e. The highest BCUT2D eigenvalue weighted by atomic mass is 16.2. The minimum absolute atomic E-state index is 0.229. The van der Waals surface area contributed by atoms with E-state index in [9.17, 15) is 4.79 Å². The lowest BCUT2D eigenvalue weighted by atomic mass is 9.96. The molecule has 0 aromatic heterocycles. The van der Waals surface area contributed by atoms with Gasteiger partial charge in [-0.3, -0.25) is 4.79 Å². The second-order valence-corrected chi connectivity index (χ2v) is 6.51. The molecule has 106 valence electrons. The van der Waals surface area contributed by atoms with Gasteiger partial charge in [-0.25, -0.2) is 0 Å². The van der Waals surface area contributed by atoms with Crippen molar-refractivity contribution in [2.45, 2.75) is 45.1 Å². The molecule has 0 aliphatic carbocycles. The Kier molecular flexibility index (Phi) is 5.60. The number of amides is 1. The molecular formula is C14H29N3O. The van der Waals surface area contributed by atoms with Crippen molar-refractivity contribution in [3.63, 3.8) is 0 Å². The Bertz CT molecular complexity index is 265. The lowest BCUT2D eigenvalue weighted by Gasteiger charge is -2.32. The van der Waals surface area contributed by atoms with Crippen LogP contribution >= 0.6 is 0 Å². The van der Waals surface area contributed by atoms with E-state index in [4.69, 9.17) is 5.73 Å². The first-order chi connectivity index (χ1) is 8.28. The molecule has 1 aliphatic heterocycles. The molecule has 0 bridgehead atoms. The first-order valence-electron chi connectivity index (χ1n) is 6.99. The lowest BCUT2D eigenvalue weighted by molar-refractivity contribution is -0.131. The van der Waals surface area contributed by atoms with E-state index in [2.05, 4.69) is 11.9 Å². The molecule has 1 heterocycles. The zero-order chi connectivity index (χ0) is 13.8. The maximum atomic E-state index is 12.0. The van der Waals surface area contributed by atoms with Gasteiger partial charge in [-0.15, -0.1) is 0 Å². The van der Waals surface area contributed by atoms with Gasteiger partial charge in [0.05, 0.1) is 0 Å². The topological polar surface area (TPSA) is 49.6 Å². The summed E-state index contributed by atoms with van der Waals surface area (Å²) in [5.41, 5.74) is 5.66. The van der Waals surface area contributed by atoms with E-state index in [1.165, 1.54) is 12.8 Å². The summed E-state index contributed by atoms with van der Waals surface area (Å²) in [4.78, 5) is 16.2. The highest BCUT2D eigenvalue weighted by molar-refractivity contribution is 5.75. The van der Waals surface area contributed by atoms with E-state index in [0.717, 1.165) is 26.1 Å². The Hall–Kier alpha value is -0.610. The highest BCUT2D eigenvalue weighted by Crippen LogP contribution is 2.17. The van der Waals surface area contributed by atoms with Crippen molar-refractivity contribution < 1.29 is 4.79 Å². The third-order valence-corrected chi connectivity index (χ3v) is 3.78. The Morgan fingerprint density at radius 1 is 1.39 bits per heavy atom. The van der Waals surface area contributed by atoms with Gasteiger partial charge in [-0.05, 0) is 59.2 Å². The smallest absolute Gasteiger partial charge is 0.222 e. The molecule has 2 N–H and O–H groups in total. The summed E-state index contributed by atoms with van der Waals surface area (Å²) in [5, 5.41) is 0. The average Bonchev–Trinajstić information content (AvgIpc) is 2.28.